The third-order valence-corrected chi connectivity index (χ3v) is 5.92. The first-order valence-electron chi connectivity index (χ1n) is 9.73. The van der Waals surface area contributed by atoms with Gasteiger partial charge in [0.25, 0.3) is 11.8 Å². The lowest BCUT2D eigenvalue weighted by atomic mass is 10.0. The number of amides is 2. The van der Waals surface area contributed by atoms with E-state index in [-0.39, 0.29) is 18.4 Å². The fourth-order valence-electron chi connectivity index (χ4n) is 3.91. The van der Waals surface area contributed by atoms with Gasteiger partial charge < -0.3 is 9.80 Å². The smallest absolute Gasteiger partial charge is 0.278 e. The Hall–Kier alpha value is -2.76. The van der Waals surface area contributed by atoms with Gasteiger partial charge in [0.15, 0.2) is 0 Å². The number of halogens is 2. The Labute approximate surface area is 185 Å². The number of para-hydroxylation sites is 1. The lowest BCUT2D eigenvalue weighted by Crippen LogP contribution is -2.47. The second-order valence-electron chi connectivity index (χ2n) is 7.17. The SMILES string of the molecule is C=CCN1C(=O)C(c2ccc(Cl)cc2Cl)=C(N2CCN(c3ccccc3)CC2)C1=O. The number of rotatable bonds is 5. The molecular formula is C23H21Cl2N3O2. The summed E-state index contributed by atoms with van der Waals surface area (Å²) in [6.45, 7) is 6.57. The fraction of sp³-hybridized carbons (Fsp3) is 0.217. The number of hydrogen-bond acceptors (Lipinski definition) is 4. The van der Waals surface area contributed by atoms with Crippen molar-refractivity contribution < 1.29 is 9.59 Å². The molecule has 0 saturated carbocycles. The largest absolute Gasteiger partial charge is 0.368 e. The van der Waals surface area contributed by atoms with Gasteiger partial charge in [0.2, 0.25) is 0 Å². The van der Waals surface area contributed by atoms with E-state index in [0.29, 0.717) is 40.0 Å². The number of benzene rings is 2. The molecule has 4 rings (SSSR count). The zero-order valence-electron chi connectivity index (χ0n) is 16.4. The van der Waals surface area contributed by atoms with Crippen molar-refractivity contribution in [2.24, 2.45) is 0 Å². The summed E-state index contributed by atoms with van der Waals surface area (Å²) >= 11 is 12.4. The summed E-state index contributed by atoms with van der Waals surface area (Å²) < 4.78 is 0. The van der Waals surface area contributed by atoms with Crippen molar-refractivity contribution in [3.8, 4) is 0 Å². The average Bonchev–Trinajstić information content (AvgIpc) is 2.99. The van der Waals surface area contributed by atoms with E-state index in [1.54, 1.807) is 24.3 Å². The normalized spacial score (nSPS) is 17.2. The highest BCUT2D eigenvalue weighted by Crippen LogP contribution is 2.36. The molecule has 2 aromatic rings. The van der Waals surface area contributed by atoms with Crippen molar-refractivity contribution in [1.29, 1.82) is 0 Å². The van der Waals surface area contributed by atoms with Crippen molar-refractivity contribution in [3.05, 3.63) is 82.5 Å². The second-order valence-corrected chi connectivity index (χ2v) is 8.01. The van der Waals surface area contributed by atoms with Crippen LogP contribution >= 0.6 is 23.2 Å². The molecule has 1 fully saturated rings. The molecule has 0 aromatic heterocycles. The van der Waals surface area contributed by atoms with E-state index in [1.165, 1.54) is 4.90 Å². The summed E-state index contributed by atoms with van der Waals surface area (Å²) in [5.74, 6) is -0.668. The van der Waals surface area contributed by atoms with Crippen molar-refractivity contribution >= 4 is 46.3 Å². The molecule has 5 nitrogen and oxygen atoms in total. The van der Waals surface area contributed by atoms with Crippen molar-refractivity contribution in [1.82, 2.24) is 9.80 Å². The third-order valence-electron chi connectivity index (χ3n) is 5.37. The number of anilines is 1. The first kappa shape index (κ1) is 20.5. The molecule has 7 heteroatoms. The van der Waals surface area contributed by atoms with E-state index in [1.807, 2.05) is 23.1 Å². The summed E-state index contributed by atoms with van der Waals surface area (Å²) in [4.78, 5) is 31.8. The maximum absolute atomic E-state index is 13.2. The molecule has 2 heterocycles. The van der Waals surface area contributed by atoms with E-state index in [0.717, 1.165) is 18.8 Å². The van der Waals surface area contributed by atoms with Gasteiger partial charge in [-0.3, -0.25) is 14.5 Å². The quantitative estimate of drug-likeness (QED) is 0.517. The number of piperazine rings is 1. The van der Waals surface area contributed by atoms with E-state index in [2.05, 4.69) is 23.6 Å². The van der Waals surface area contributed by atoms with Crippen LogP contribution in [0.15, 0.2) is 66.9 Å². The minimum Gasteiger partial charge on any atom is -0.368 e. The van der Waals surface area contributed by atoms with Crippen LogP contribution in [0.4, 0.5) is 5.69 Å². The number of carbonyl (C=O) groups is 2. The molecule has 30 heavy (non-hydrogen) atoms. The van der Waals surface area contributed by atoms with E-state index >= 15 is 0 Å². The van der Waals surface area contributed by atoms with E-state index in [9.17, 15) is 9.59 Å². The number of hydrogen-bond donors (Lipinski definition) is 0. The standard InChI is InChI=1S/C23H21Cl2N3O2/c1-2-10-28-22(29)20(18-9-8-16(24)15-19(18)25)21(23(28)30)27-13-11-26(12-14-27)17-6-4-3-5-7-17/h2-9,15H,1,10-14H2. The summed E-state index contributed by atoms with van der Waals surface area (Å²) in [6.07, 6.45) is 1.55. The molecule has 2 aliphatic rings. The van der Waals surface area contributed by atoms with Crippen molar-refractivity contribution in [2.75, 3.05) is 37.6 Å². The van der Waals surface area contributed by atoms with Gasteiger partial charge in [-0.05, 0) is 24.3 Å². The molecule has 0 unspecified atom stereocenters. The van der Waals surface area contributed by atoms with Crippen molar-refractivity contribution in [3.63, 3.8) is 0 Å². The molecule has 2 aliphatic heterocycles. The highest BCUT2D eigenvalue weighted by Gasteiger charge is 2.42. The second kappa shape index (κ2) is 8.54. The topological polar surface area (TPSA) is 43.9 Å². The van der Waals surface area contributed by atoms with Gasteiger partial charge in [-0.1, -0.05) is 53.5 Å². The third kappa shape index (κ3) is 3.71. The number of carbonyl (C=O) groups excluding carboxylic acids is 2. The van der Waals surface area contributed by atoms with Gasteiger partial charge in [0.1, 0.15) is 5.70 Å². The first-order valence-corrected chi connectivity index (χ1v) is 10.5. The Balaban J connectivity index is 1.68. The van der Waals surface area contributed by atoms with Crippen LogP contribution in [-0.2, 0) is 9.59 Å². The van der Waals surface area contributed by atoms with Crippen LogP contribution < -0.4 is 4.90 Å². The molecule has 154 valence electrons. The van der Waals surface area contributed by atoms with Gasteiger partial charge in [0.05, 0.1) is 10.6 Å². The molecule has 0 atom stereocenters. The Morgan fingerprint density at radius 3 is 2.20 bits per heavy atom. The first-order chi connectivity index (χ1) is 14.5. The van der Waals surface area contributed by atoms with E-state index < -0.39 is 0 Å². The van der Waals surface area contributed by atoms with Gasteiger partial charge in [0, 0.05) is 49.0 Å². The molecule has 1 saturated heterocycles. The average molecular weight is 442 g/mol. The predicted molar refractivity (Wildman–Crippen MR) is 121 cm³/mol. The predicted octanol–water partition coefficient (Wildman–Crippen LogP) is 4.08. The Bertz CT molecular complexity index is 1030. The number of nitrogens with zero attached hydrogens (tertiary/aromatic N) is 3. The molecule has 0 spiro atoms. The van der Waals surface area contributed by atoms with Gasteiger partial charge in [-0.15, -0.1) is 6.58 Å². The highest BCUT2D eigenvalue weighted by atomic mass is 35.5. The zero-order chi connectivity index (χ0) is 21.3. The molecule has 0 aliphatic carbocycles. The maximum atomic E-state index is 13.2. The van der Waals surface area contributed by atoms with Crippen LogP contribution in [0.3, 0.4) is 0 Å². The molecule has 0 radical (unpaired) electrons. The Kier molecular flexibility index (Phi) is 5.84. The van der Waals surface area contributed by atoms with Gasteiger partial charge in [-0.25, -0.2) is 0 Å². The zero-order valence-corrected chi connectivity index (χ0v) is 17.9. The van der Waals surface area contributed by atoms with Crippen LogP contribution in [0.2, 0.25) is 10.0 Å². The fourth-order valence-corrected chi connectivity index (χ4v) is 4.42. The van der Waals surface area contributed by atoms with Gasteiger partial charge in [-0.2, -0.15) is 0 Å². The lowest BCUT2D eigenvalue weighted by molar-refractivity contribution is -0.136. The highest BCUT2D eigenvalue weighted by molar-refractivity contribution is 6.41. The summed E-state index contributed by atoms with van der Waals surface area (Å²) in [5.41, 5.74) is 2.40. The van der Waals surface area contributed by atoms with Crippen LogP contribution in [0.25, 0.3) is 5.57 Å². The molecule has 0 bridgehead atoms. The Morgan fingerprint density at radius 1 is 0.900 bits per heavy atom. The van der Waals surface area contributed by atoms with Crippen LogP contribution in [0.5, 0.6) is 0 Å². The summed E-state index contributed by atoms with van der Waals surface area (Å²) in [6, 6.07) is 15.1. The molecule has 0 N–H and O–H groups in total. The minimum atomic E-state index is -0.357. The van der Waals surface area contributed by atoms with Crippen LogP contribution in [0.1, 0.15) is 5.56 Å². The molecule has 2 amide bonds. The summed E-state index contributed by atoms with van der Waals surface area (Å²) in [5, 5.41) is 0.821. The lowest BCUT2D eigenvalue weighted by Gasteiger charge is -2.37. The minimum absolute atomic E-state index is 0.153. The summed E-state index contributed by atoms with van der Waals surface area (Å²) in [7, 11) is 0. The maximum Gasteiger partial charge on any atom is 0.278 e. The van der Waals surface area contributed by atoms with Crippen LogP contribution in [0, 0.1) is 0 Å². The van der Waals surface area contributed by atoms with Crippen LogP contribution in [-0.4, -0.2) is 54.3 Å². The van der Waals surface area contributed by atoms with Crippen molar-refractivity contribution in [2.45, 2.75) is 0 Å². The van der Waals surface area contributed by atoms with E-state index in [4.69, 9.17) is 23.2 Å². The molecule has 2 aromatic carbocycles. The number of imide groups is 1. The Morgan fingerprint density at radius 2 is 1.57 bits per heavy atom. The van der Waals surface area contributed by atoms with Gasteiger partial charge >= 0.3 is 0 Å². The molecular weight excluding hydrogens is 421 g/mol. The monoisotopic (exact) mass is 441 g/mol.